The number of rotatable bonds is 7. The van der Waals surface area contributed by atoms with Crippen LogP contribution in [-0.4, -0.2) is 58.7 Å². The summed E-state index contributed by atoms with van der Waals surface area (Å²) in [5, 5.41) is 1.62. The zero-order chi connectivity index (χ0) is 14.5. The minimum absolute atomic E-state index is 0.184. The molecule has 1 aromatic rings. The Labute approximate surface area is 124 Å². The maximum absolute atomic E-state index is 12.1. The Hall–Kier alpha value is -1.20. The molecule has 0 saturated carbocycles. The van der Waals surface area contributed by atoms with Crippen LogP contribution < -0.4 is 0 Å². The third-order valence-corrected chi connectivity index (χ3v) is 5.17. The van der Waals surface area contributed by atoms with E-state index in [9.17, 15) is 9.59 Å². The van der Waals surface area contributed by atoms with Crippen LogP contribution in [0.1, 0.15) is 20.7 Å². The van der Waals surface area contributed by atoms with Gasteiger partial charge in [-0.15, -0.1) is 0 Å². The zero-order valence-corrected chi connectivity index (χ0v) is 13.2. The van der Waals surface area contributed by atoms with Crippen LogP contribution in [0.15, 0.2) is 24.3 Å². The van der Waals surface area contributed by atoms with Crippen molar-refractivity contribution in [3.63, 3.8) is 0 Å². The molecule has 6 heteroatoms. The first-order valence-corrected chi connectivity index (χ1v) is 8.70. The molecule has 2 amide bonds. The molecule has 108 valence electrons. The van der Waals surface area contributed by atoms with Crippen LogP contribution in [0.4, 0.5) is 0 Å². The fourth-order valence-corrected chi connectivity index (χ4v) is 3.99. The number of hydrogen-bond acceptors (Lipinski definition) is 4. The molecule has 5 nitrogen and oxygen atoms in total. The molecule has 0 spiro atoms. The van der Waals surface area contributed by atoms with Gasteiger partial charge in [-0.1, -0.05) is 0 Å². The van der Waals surface area contributed by atoms with Crippen molar-refractivity contribution in [1.82, 2.24) is 4.90 Å². The Morgan fingerprint density at radius 1 is 1.10 bits per heavy atom. The maximum atomic E-state index is 12.1. The number of nitrogens with zero attached hydrogens (tertiary/aromatic N) is 1. The van der Waals surface area contributed by atoms with Crippen LogP contribution in [0.3, 0.4) is 0 Å². The number of benzene rings is 1. The molecule has 1 aliphatic rings. The number of fused-ring (bicyclic) bond motifs is 1. The van der Waals surface area contributed by atoms with E-state index >= 15 is 0 Å². The molecule has 0 fully saturated rings. The van der Waals surface area contributed by atoms with E-state index in [1.54, 1.807) is 38.5 Å². The second-order valence-electron chi connectivity index (χ2n) is 4.28. The molecule has 2 rings (SSSR count). The molecular formula is C14H17NO4Se. The normalized spacial score (nSPS) is 14.2. The van der Waals surface area contributed by atoms with Gasteiger partial charge in [0.05, 0.1) is 0 Å². The summed E-state index contributed by atoms with van der Waals surface area (Å²) >= 11 is 0.270. The van der Waals surface area contributed by atoms with Gasteiger partial charge in [0.25, 0.3) is 0 Å². The molecule has 0 atom stereocenters. The van der Waals surface area contributed by atoms with Crippen LogP contribution in [-0.2, 0) is 9.47 Å². The Kier molecular flexibility index (Phi) is 5.31. The first-order valence-electron chi connectivity index (χ1n) is 6.27. The Morgan fingerprint density at radius 2 is 1.65 bits per heavy atom. The van der Waals surface area contributed by atoms with Crippen LogP contribution in [0.2, 0.25) is 10.6 Å². The minimum atomic E-state index is -0.197. The van der Waals surface area contributed by atoms with Crippen molar-refractivity contribution >= 4 is 26.8 Å². The average Bonchev–Trinajstić information content (AvgIpc) is 2.72. The molecule has 0 aliphatic carbocycles. The molecule has 0 saturated heterocycles. The number of imide groups is 1. The summed E-state index contributed by atoms with van der Waals surface area (Å²) in [6, 6.07) is 6.96. The third-order valence-electron chi connectivity index (χ3n) is 3.12. The summed E-state index contributed by atoms with van der Waals surface area (Å²) in [7, 11) is 3.21. The fourth-order valence-electron chi connectivity index (χ4n) is 2.01. The van der Waals surface area contributed by atoms with Crippen molar-refractivity contribution < 1.29 is 19.1 Å². The van der Waals surface area contributed by atoms with Gasteiger partial charge in [0, 0.05) is 0 Å². The number of ether oxygens (including phenoxy) is 2. The van der Waals surface area contributed by atoms with Gasteiger partial charge in [-0.05, 0) is 0 Å². The first-order chi connectivity index (χ1) is 9.69. The molecule has 1 aromatic carbocycles. The molecule has 1 heterocycles. The topological polar surface area (TPSA) is 55.8 Å². The SMILES string of the molecule is COC(C[Se]CCN1C(=O)c2ccccc2C1=O)OC. The van der Waals surface area contributed by atoms with Gasteiger partial charge in [0.15, 0.2) is 0 Å². The second-order valence-corrected chi connectivity index (χ2v) is 6.70. The van der Waals surface area contributed by atoms with Gasteiger partial charge in [-0.3, -0.25) is 0 Å². The van der Waals surface area contributed by atoms with E-state index in [-0.39, 0.29) is 33.1 Å². The average molecular weight is 342 g/mol. The Bertz CT molecular complexity index is 467. The van der Waals surface area contributed by atoms with E-state index in [1.807, 2.05) is 0 Å². The van der Waals surface area contributed by atoms with Gasteiger partial charge in [0.2, 0.25) is 0 Å². The summed E-state index contributed by atoms with van der Waals surface area (Å²) in [5.74, 6) is -0.368. The second kappa shape index (κ2) is 6.99. The molecule has 20 heavy (non-hydrogen) atoms. The van der Waals surface area contributed by atoms with Crippen LogP contribution in [0, 0.1) is 0 Å². The third kappa shape index (κ3) is 3.10. The van der Waals surface area contributed by atoms with E-state index in [0.29, 0.717) is 17.7 Å². The summed E-state index contributed by atoms with van der Waals surface area (Å²) in [4.78, 5) is 25.6. The van der Waals surface area contributed by atoms with Gasteiger partial charge in [-0.25, -0.2) is 0 Å². The Morgan fingerprint density at radius 3 is 2.15 bits per heavy atom. The number of methoxy groups -OCH3 is 2. The zero-order valence-electron chi connectivity index (χ0n) is 11.5. The molecule has 0 unspecified atom stereocenters. The summed E-state index contributed by atoms with van der Waals surface area (Å²) in [6.45, 7) is 0.465. The number of carbonyl (C=O) groups is 2. The van der Waals surface area contributed by atoms with Gasteiger partial charge >= 0.3 is 124 Å². The molecule has 0 radical (unpaired) electrons. The Balaban J connectivity index is 1.87. The van der Waals surface area contributed by atoms with E-state index in [4.69, 9.17) is 9.47 Å². The van der Waals surface area contributed by atoms with Crippen LogP contribution in [0.5, 0.6) is 0 Å². The van der Waals surface area contributed by atoms with Crippen molar-refractivity contribution in [1.29, 1.82) is 0 Å². The van der Waals surface area contributed by atoms with Crippen LogP contribution >= 0.6 is 0 Å². The van der Waals surface area contributed by atoms with Crippen molar-refractivity contribution in [2.24, 2.45) is 0 Å². The van der Waals surface area contributed by atoms with Crippen molar-refractivity contribution in [2.75, 3.05) is 20.8 Å². The standard InChI is InChI=1S/C14H17NO4Se/c1-18-12(19-2)9-20-8-7-15-13(16)10-5-3-4-6-11(10)14(15)17/h3-6,12H,7-9H2,1-2H3. The molecule has 0 aromatic heterocycles. The monoisotopic (exact) mass is 343 g/mol. The van der Waals surface area contributed by atoms with Crippen molar-refractivity contribution in [3.05, 3.63) is 35.4 Å². The van der Waals surface area contributed by atoms with E-state index in [0.717, 1.165) is 10.6 Å². The van der Waals surface area contributed by atoms with Gasteiger partial charge in [0.1, 0.15) is 0 Å². The van der Waals surface area contributed by atoms with E-state index < -0.39 is 0 Å². The first kappa shape index (κ1) is 15.2. The van der Waals surface area contributed by atoms with Gasteiger partial charge in [-0.2, -0.15) is 0 Å². The van der Waals surface area contributed by atoms with E-state index in [1.165, 1.54) is 4.90 Å². The molecular weight excluding hydrogens is 325 g/mol. The molecule has 0 N–H and O–H groups in total. The predicted octanol–water partition coefficient (Wildman–Crippen LogP) is 1.44. The van der Waals surface area contributed by atoms with Crippen molar-refractivity contribution in [2.45, 2.75) is 16.9 Å². The summed E-state index contributed by atoms with van der Waals surface area (Å²) < 4.78 is 10.2. The molecule has 1 aliphatic heterocycles. The fraction of sp³-hybridized carbons (Fsp3) is 0.429. The summed E-state index contributed by atoms with van der Waals surface area (Å²) in [6.07, 6.45) is -0.197. The summed E-state index contributed by atoms with van der Waals surface area (Å²) in [5.41, 5.74) is 1.02. The van der Waals surface area contributed by atoms with Crippen LogP contribution in [0.25, 0.3) is 0 Å². The number of carbonyl (C=O) groups excluding carboxylic acids is 2. The van der Waals surface area contributed by atoms with Crippen molar-refractivity contribution in [3.8, 4) is 0 Å². The van der Waals surface area contributed by atoms with Gasteiger partial charge < -0.3 is 0 Å². The number of amides is 2. The van der Waals surface area contributed by atoms with E-state index in [2.05, 4.69) is 0 Å². The quantitative estimate of drug-likeness (QED) is 0.326. The number of hydrogen-bond donors (Lipinski definition) is 0. The predicted molar refractivity (Wildman–Crippen MR) is 75.0 cm³/mol. The molecule has 0 bridgehead atoms.